The molecule has 1 aliphatic heterocycles. The molecule has 1 amide bonds. The lowest BCUT2D eigenvalue weighted by Crippen LogP contribution is -2.41. The van der Waals surface area contributed by atoms with Crippen molar-refractivity contribution in [3.05, 3.63) is 11.8 Å². The second kappa shape index (κ2) is 5.42. The monoisotopic (exact) mass is 255 g/mol. The predicted molar refractivity (Wildman–Crippen MR) is 66.8 cm³/mol. The molecule has 0 aromatic rings. The maximum Gasteiger partial charge on any atom is 0.415 e. The molecular formula is C13H21NO4. The number of allylic oxidation sites excluding steroid dienone is 1. The minimum atomic E-state index is -0.582. The Morgan fingerprint density at radius 1 is 1.39 bits per heavy atom. The number of carbonyl (C=O) groups is 2. The Hall–Kier alpha value is -1.52. The highest BCUT2D eigenvalue weighted by atomic mass is 16.6. The summed E-state index contributed by atoms with van der Waals surface area (Å²) in [6, 6.07) is 0. The zero-order chi connectivity index (χ0) is 13.9. The highest BCUT2D eigenvalue weighted by Gasteiger charge is 2.31. The summed E-state index contributed by atoms with van der Waals surface area (Å²) >= 11 is 0. The van der Waals surface area contributed by atoms with Gasteiger partial charge in [-0.3, -0.25) is 4.90 Å². The molecule has 1 aliphatic rings. The number of rotatable bonds is 1. The van der Waals surface area contributed by atoms with Crippen molar-refractivity contribution in [2.45, 2.75) is 39.7 Å². The third-order valence-electron chi connectivity index (χ3n) is 2.55. The molecule has 0 aliphatic carbocycles. The molecule has 0 bridgehead atoms. The van der Waals surface area contributed by atoms with Crippen molar-refractivity contribution in [3.8, 4) is 0 Å². The number of methoxy groups -OCH3 is 1. The molecule has 0 saturated carbocycles. The Morgan fingerprint density at radius 3 is 2.50 bits per heavy atom. The molecule has 5 heteroatoms. The summed E-state index contributed by atoms with van der Waals surface area (Å²) in [7, 11) is 1.30. The minimum absolute atomic E-state index is 0.248. The van der Waals surface area contributed by atoms with Crippen molar-refractivity contribution in [2.24, 2.45) is 5.92 Å². The zero-order valence-corrected chi connectivity index (χ0v) is 11.6. The standard InChI is InChI=1S/C13H21NO4/c1-9-6-7-14(10(8-9)11(15)17-5)12(16)18-13(2,3)4/h8-9H,6-7H2,1-5H3/t9-/m0/s1. The van der Waals surface area contributed by atoms with Gasteiger partial charge < -0.3 is 9.47 Å². The minimum Gasteiger partial charge on any atom is -0.464 e. The molecule has 0 aromatic heterocycles. The highest BCUT2D eigenvalue weighted by Crippen LogP contribution is 2.23. The number of carbonyl (C=O) groups excluding carboxylic acids is 2. The molecule has 0 N–H and O–H groups in total. The van der Waals surface area contributed by atoms with Gasteiger partial charge in [0, 0.05) is 6.54 Å². The lowest BCUT2D eigenvalue weighted by atomic mass is 10.0. The summed E-state index contributed by atoms with van der Waals surface area (Å²) in [6.45, 7) is 7.84. The quantitative estimate of drug-likeness (QED) is 0.675. The van der Waals surface area contributed by atoms with E-state index in [-0.39, 0.29) is 11.6 Å². The van der Waals surface area contributed by atoms with Crippen LogP contribution >= 0.6 is 0 Å². The van der Waals surface area contributed by atoms with Crippen LogP contribution in [0.3, 0.4) is 0 Å². The second-order valence-corrected chi connectivity index (χ2v) is 5.44. The number of hydrogen-bond donors (Lipinski definition) is 0. The van der Waals surface area contributed by atoms with Crippen LogP contribution in [0.15, 0.2) is 11.8 Å². The number of amides is 1. The fourth-order valence-electron chi connectivity index (χ4n) is 1.69. The lowest BCUT2D eigenvalue weighted by molar-refractivity contribution is -0.138. The molecule has 1 atom stereocenters. The van der Waals surface area contributed by atoms with Gasteiger partial charge in [-0.05, 0) is 33.1 Å². The third kappa shape index (κ3) is 3.75. The average molecular weight is 255 g/mol. The van der Waals surface area contributed by atoms with Gasteiger partial charge in [0.25, 0.3) is 0 Å². The fourth-order valence-corrected chi connectivity index (χ4v) is 1.69. The van der Waals surface area contributed by atoms with E-state index >= 15 is 0 Å². The van der Waals surface area contributed by atoms with Gasteiger partial charge in [0.2, 0.25) is 0 Å². The van der Waals surface area contributed by atoms with Crippen LogP contribution in [0, 0.1) is 5.92 Å². The Kier molecular flexibility index (Phi) is 4.38. The van der Waals surface area contributed by atoms with E-state index in [9.17, 15) is 9.59 Å². The van der Waals surface area contributed by atoms with Crippen LogP contribution in [-0.4, -0.2) is 36.2 Å². The van der Waals surface area contributed by atoms with Gasteiger partial charge >= 0.3 is 12.1 Å². The van der Waals surface area contributed by atoms with Crippen LogP contribution in [0.2, 0.25) is 0 Å². The maximum absolute atomic E-state index is 12.0. The molecule has 0 saturated heterocycles. The van der Waals surface area contributed by atoms with Gasteiger partial charge in [-0.15, -0.1) is 0 Å². The van der Waals surface area contributed by atoms with E-state index < -0.39 is 17.7 Å². The zero-order valence-electron chi connectivity index (χ0n) is 11.6. The van der Waals surface area contributed by atoms with Crippen molar-refractivity contribution < 1.29 is 19.1 Å². The van der Waals surface area contributed by atoms with E-state index in [0.717, 1.165) is 6.42 Å². The summed E-state index contributed by atoms with van der Waals surface area (Å²) in [5.41, 5.74) is -0.313. The van der Waals surface area contributed by atoms with Gasteiger partial charge in [-0.25, -0.2) is 9.59 Å². The summed E-state index contributed by atoms with van der Waals surface area (Å²) in [5.74, 6) is -0.259. The smallest absolute Gasteiger partial charge is 0.415 e. The van der Waals surface area contributed by atoms with Gasteiger partial charge in [0.1, 0.15) is 11.3 Å². The molecule has 0 fully saturated rings. The maximum atomic E-state index is 12.0. The van der Waals surface area contributed by atoms with Gasteiger partial charge in [0.15, 0.2) is 0 Å². The van der Waals surface area contributed by atoms with E-state index in [1.165, 1.54) is 12.0 Å². The summed E-state index contributed by atoms with van der Waals surface area (Å²) in [4.78, 5) is 25.0. The van der Waals surface area contributed by atoms with Crippen LogP contribution in [-0.2, 0) is 14.3 Å². The van der Waals surface area contributed by atoms with Gasteiger partial charge in [0.05, 0.1) is 7.11 Å². The van der Waals surface area contributed by atoms with E-state index in [2.05, 4.69) is 0 Å². The molecule has 0 radical (unpaired) electrons. The molecule has 0 spiro atoms. The van der Waals surface area contributed by atoms with Gasteiger partial charge in [-0.1, -0.05) is 13.0 Å². The Balaban J connectivity index is 2.89. The van der Waals surface area contributed by atoms with Crippen LogP contribution < -0.4 is 0 Å². The molecule has 18 heavy (non-hydrogen) atoms. The Labute approximate surface area is 108 Å². The summed E-state index contributed by atoms with van der Waals surface area (Å²) in [5, 5.41) is 0. The van der Waals surface area contributed by atoms with E-state index in [1.54, 1.807) is 26.8 Å². The third-order valence-corrected chi connectivity index (χ3v) is 2.55. The number of ether oxygens (including phenoxy) is 2. The van der Waals surface area contributed by atoms with Crippen LogP contribution in [0.5, 0.6) is 0 Å². The van der Waals surface area contributed by atoms with Crippen molar-refractivity contribution in [3.63, 3.8) is 0 Å². The molecular weight excluding hydrogens is 234 g/mol. The average Bonchev–Trinajstić information content (AvgIpc) is 2.25. The predicted octanol–water partition coefficient (Wildman–Crippen LogP) is 2.32. The van der Waals surface area contributed by atoms with E-state index in [4.69, 9.17) is 9.47 Å². The molecule has 1 rings (SSSR count). The first kappa shape index (κ1) is 14.5. The van der Waals surface area contributed by atoms with Crippen molar-refractivity contribution in [1.82, 2.24) is 4.90 Å². The SMILES string of the molecule is COC(=O)C1=C[C@@H](C)CCN1C(=O)OC(C)(C)C. The van der Waals surface area contributed by atoms with E-state index in [0.29, 0.717) is 6.54 Å². The van der Waals surface area contributed by atoms with Gasteiger partial charge in [-0.2, -0.15) is 0 Å². The van der Waals surface area contributed by atoms with Crippen LogP contribution in [0.25, 0.3) is 0 Å². The second-order valence-electron chi connectivity index (χ2n) is 5.44. The summed E-state index contributed by atoms with van der Waals surface area (Å²) in [6.07, 6.45) is 2.05. The first-order valence-electron chi connectivity index (χ1n) is 6.05. The van der Waals surface area contributed by atoms with E-state index in [1.807, 2.05) is 6.92 Å². The summed E-state index contributed by atoms with van der Waals surface area (Å²) < 4.78 is 9.97. The number of hydrogen-bond acceptors (Lipinski definition) is 4. The lowest BCUT2D eigenvalue weighted by Gasteiger charge is -2.31. The molecule has 1 heterocycles. The number of nitrogens with zero attached hydrogens (tertiary/aromatic N) is 1. The Bertz CT molecular complexity index is 368. The number of esters is 1. The van der Waals surface area contributed by atoms with Crippen molar-refractivity contribution in [1.29, 1.82) is 0 Å². The first-order valence-corrected chi connectivity index (χ1v) is 6.05. The van der Waals surface area contributed by atoms with Crippen LogP contribution in [0.4, 0.5) is 4.79 Å². The normalized spacial score (nSPS) is 20.2. The molecule has 102 valence electrons. The largest absolute Gasteiger partial charge is 0.464 e. The van der Waals surface area contributed by atoms with Crippen molar-refractivity contribution >= 4 is 12.1 Å². The topological polar surface area (TPSA) is 55.8 Å². The fraction of sp³-hybridized carbons (Fsp3) is 0.692. The molecule has 5 nitrogen and oxygen atoms in total. The Morgan fingerprint density at radius 2 is 2.00 bits per heavy atom. The molecule has 0 aromatic carbocycles. The first-order chi connectivity index (χ1) is 8.24. The molecule has 0 unspecified atom stereocenters. The van der Waals surface area contributed by atoms with Crippen LogP contribution in [0.1, 0.15) is 34.1 Å². The van der Waals surface area contributed by atoms with Crippen molar-refractivity contribution in [2.75, 3.05) is 13.7 Å². The highest BCUT2D eigenvalue weighted by molar-refractivity contribution is 5.92.